The number of nitro groups is 1. The van der Waals surface area contributed by atoms with Crippen molar-refractivity contribution < 1.29 is 14.5 Å². The molecule has 0 aliphatic heterocycles. The largest absolute Gasteiger partial charge is 0.348 e. The molecule has 130 valence electrons. The molecule has 2 aromatic rings. The molecule has 0 aliphatic carbocycles. The minimum absolute atomic E-state index is 0.0993. The predicted octanol–water partition coefficient (Wildman–Crippen LogP) is 2.99. The number of amides is 2. The van der Waals surface area contributed by atoms with Gasteiger partial charge in [0.2, 0.25) is 0 Å². The molecule has 0 heterocycles. The summed E-state index contributed by atoms with van der Waals surface area (Å²) in [6.07, 6.45) is 0. The standard InChI is InChI=1S/C17H16BrN3O4/c1-20(2)17(23)12-5-3-11(4-6-12)10-19-16(22)13-7-8-14(18)15(9-13)21(24)25/h3-9H,10H2,1-2H3,(H,19,22). The fraction of sp³-hybridized carbons (Fsp3) is 0.176. The lowest BCUT2D eigenvalue weighted by Crippen LogP contribution is -2.23. The SMILES string of the molecule is CN(C)C(=O)c1ccc(CNC(=O)c2ccc(Br)c([N+](=O)[O-])c2)cc1. The van der Waals surface area contributed by atoms with Crippen molar-refractivity contribution in [3.8, 4) is 0 Å². The van der Waals surface area contributed by atoms with Gasteiger partial charge >= 0.3 is 0 Å². The lowest BCUT2D eigenvalue weighted by atomic mass is 10.1. The van der Waals surface area contributed by atoms with E-state index in [1.165, 1.54) is 23.1 Å². The summed E-state index contributed by atoms with van der Waals surface area (Å²) in [4.78, 5) is 35.8. The average molecular weight is 406 g/mol. The summed E-state index contributed by atoms with van der Waals surface area (Å²) >= 11 is 3.08. The van der Waals surface area contributed by atoms with Crippen LogP contribution in [0.5, 0.6) is 0 Å². The summed E-state index contributed by atoms with van der Waals surface area (Å²) in [7, 11) is 3.35. The molecule has 0 radical (unpaired) electrons. The van der Waals surface area contributed by atoms with Crippen LogP contribution < -0.4 is 5.32 Å². The minimum Gasteiger partial charge on any atom is -0.348 e. The average Bonchev–Trinajstić information content (AvgIpc) is 2.59. The number of nitro benzene ring substituents is 1. The predicted molar refractivity (Wildman–Crippen MR) is 96.4 cm³/mol. The number of halogens is 1. The summed E-state index contributed by atoms with van der Waals surface area (Å²) in [5, 5.41) is 13.6. The third kappa shape index (κ3) is 4.63. The second kappa shape index (κ2) is 7.89. The molecule has 2 amide bonds. The molecule has 25 heavy (non-hydrogen) atoms. The van der Waals surface area contributed by atoms with Crippen molar-refractivity contribution in [3.05, 3.63) is 73.7 Å². The van der Waals surface area contributed by atoms with Crippen molar-refractivity contribution in [2.75, 3.05) is 14.1 Å². The Morgan fingerprint density at radius 2 is 1.72 bits per heavy atom. The number of carbonyl (C=O) groups excluding carboxylic acids is 2. The molecule has 0 bridgehead atoms. The van der Waals surface area contributed by atoms with Crippen LogP contribution in [0.3, 0.4) is 0 Å². The molecule has 7 nitrogen and oxygen atoms in total. The summed E-state index contributed by atoms with van der Waals surface area (Å²) < 4.78 is 0.315. The van der Waals surface area contributed by atoms with Crippen LogP contribution in [0.2, 0.25) is 0 Å². The van der Waals surface area contributed by atoms with Gasteiger partial charge in [-0.2, -0.15) is 0 Å². The van der Waals surface area contributed by atoms with E-state index in [0.29, 0.717) is 10.0 Å². The smallest absolute Gasteiger partial charge is 0.284 e. The highest BCUT2D eigenvalue weighted by Gasteiger charge is 2.16. The number of benzene rings is 2. The van der Waals surface area contributed by atoms with E-state index < -0.39 is 10.8 Å². The second-order valence-corrected chi connectivity index (χ2v) is 6.36. The van der Waals surface area contributed by atoms with E-state index >= 15 is 0 Å². The van der Waals surface area contributed by atoms with Gasteiger partial charge in [-0.15, -0.1) is 0 Å². The molecule has 2 aromatic carbocycles. The Morgan fingerprint density at radius 3 is 2.28 bits per heavy atom. The van der Waals surface area contributed by atoms with Crippen LogP contribution in [-0.2, 0) is 6.54 Å². The van der Waals surface area contributed by atoms with Crippen LogP contribution >= 0.6 is 15.9 Å². The van der Waals surface area contributed by atoms with Gasteiger partial charge in [0, 0.05) is 37.8 Å². The topological polar surface area (TPSA) is 92.6 Å². The number of nitrogens with one attached hydrogen (secondary N) is 1. The Balaban J connectivity index is 2.04. The number of nitrogens with zero attached hydrogens (tertiary/aromatic N) is 2. The van der Waals surface area contributed by atoms with Crippen molar-refractivity contribution in [1.29, 1.82) is 0 Å². The highest BCUT2D eigenvalue weighted by Crippen LogP contribution is 2.25. The van der Waals surface area contributed by atoms with E-state index in [1.807, 2.05) is 0 Å². The first-order valence-electron chi connectivity index (χ1n) is 7.32. The summed E-state index contributed by atoms with van der Waals surface area (Å²) in [6, 6.07) is 11.1. The van der Waals surface area contributed by atoms with Crippen molar-refractivity contribution in [3.63, 3.8) is 0 Å². The maximum Gasteiger partial charge on any atom is 0.284 e. The van der Waals surface area contributed by atoms with Crippen molar-refractivity contribution in [2.24, 2.45) is 0 Å². The van der Waals surface area contributed by atoms with Gasteiger partial charge in [-0.05, 0) is 45.8 Å². The molecule has 0 spiro atoms. The van der Waals surface area contributed by atoms with Crippen LogP contribution in [0.25, 0.3) is 0 Å². The molecule has 8 heteroatoms. The molecule has 1 N–H and O–H groups in total. The fourth-order valence-corrected chi connectivity index (χ4v) is 2.49. The van der Waals surface area contributed by atoms with Crippen molar-refractivity contribution in [2.45, 2.75) is 6.54 Å². The Hall–Kier alpha value is -2.74. The van der Waals surface area contributed by atoms with Gasteiger partial charge in [0.15, 0.2) is 0 Å². The van der Waals surface area contributed by atoms with Crippen molar-refractivity contribution in [1.82, 2.24) is 10.2 Å². The van der Waals surface area contributed by atoms with Crippen LogP contribution in [0.15, 0.2) is 46.9 Å². The van der Waals surface area contributed by atoms with Crippen LogP contribution in [0.4, 0.5) is 5.69 Å². The van der Waals surface area contributed by atoms with Gasteiger partial charge in [-0.3, -0.25) is 19.7 Å². The highest BCUT2D eigenvalue weighted by molar-refractivity contribution is 9.10. The number of carbonyl (C=O) groups is 2. The molecular formula is C17H16BrN3O4. The Bertz CT molecular complexity index is 819. The van der Waals surface area contributed by atoms with Gasteiger partial charge in [-0.25, -0.2) is 0 Å². The van der Waals surface area contributed by atoms with E-state index in [-0.39, 0.29) is 23.7 Å². The molecule has 0 saturated carbocycles. The molecular weight excluding hydrogens is 390 g/mol. The number of hydrogen-bond donors (Lipinski definition) is 1. The zero-order valence-corrected chi connectivity index (χ0v) is 15.2. The molecule has 0 saturated heterocycles. The monoisotopic (exact) mass is 405 g/mol. The molecule has 0 fully saturated rings. The summed E-state index contributed by atoms with van der Waals surface area (Å²) in [5.74, 6) is -0.512. The van der Waals surface area contributed by atoms with Gasteiger partial charge in [0.05, 0.1) is 9.40 Å². The second-order valence-electron chi connectivity index (χ2n) is 5.50. The maximum atomic E-state index is 12.2. The van der Waals surface area contributed by atoms with Gasteiger partial charge in [-0.1, -0.05) is 12.1 Å². The third-order valence-electron chi connectivity index (χ3n) is 3.47. The quantitative estimate of drug-likeness (QED) is 0.611. The molecule has 0 aliphatic rings. The summed E-state index contributed by atoms with van der Waals surface area (Å²) in [6.45, 7) is 0.249. The fourth-order valence-electron chi connectivity index (χ4n) is 2.10. The Labute approximate surface area is 152 Å². The Morgan fingerprint density at radius 1 is 1.12 bits per heavy atom. The van der Waals surface area contributed by atoms with Crippen LogP contribution in [0.1, 0.15) is 26.3 Å². The molecule has 0 atom stereocenters. The first kappa shape index (κ1) is 18.6. The van der Waals surface area contributed by atoms with Crippen LogP contribution in [0, 0.1) is 10.1 Å². The zero-order valence-electron chi connectivity index (χ0n) is 13.7. The molecule has 2 rings (SSSR count). The minimum atomic E-state index is -0.554. The van der Waals surface area contributed by atoms with E-state index in [9.17, 15) is 19.7 Å². The first-order chi connectivity index (χ1) is 11.8. The Kier molecular flexibility index (Phi) is 5.87. The lowest BCUT2D eigenvalue weighted by Gasteiger charge is -2.11. The lowest BCUT2D eigenvalue weighted by molar-refractivity contribution is -0.385. The molecule has 0 unspecified atom stereocenters. The van der Waals surface area contributed by atoms with Gasteiger partial charge in [0.25, 0.3) is 17.5 Å². The normalized spacial score (nSPS) is 10.2. The van der Waals surface area contributed by atoms with E-state index in [4.69, 9.17) is 0 Å². The summed E-state index contributed by atoms with van der Waals surface area (Å²) in [5.41, 5.74) is 1.41. The van der Waals surface area contributed by atoms with E-state index in [0.717, 1.165) is 5.56 Å². The van der Waals surface area contributed by atoms with E-state index in [2.05, 4.69) is 21.2 Å². The van der Waals surface area contributed by atoms with Gasteiger partial charge in [0.1, 0.15) is 0 Å². The molecule has 0 aromatic heterocycles. The van der Waals surface area contributed by atoms with Crippen molar-refractivity contribution >= 4 is 33.4 Å². The number of hydrogen-bond acceptors (Lipinski definition) is 4. The van der Waals surface area contributed by atoms with E-state index in [1.54, 1.807) is 38.4 Å². The number of rotatable bonds is 5. The maximum absolute atomic E-state index is 12.2. The third-order valence-corrected chi connectivity index (χ3v) is 4.14. The first-order valence-corrected chi connectivity index (χ1v) is 8.11. The van der Waals surface area contributed by atoms with Crippen LogP contribution in [-0.4, -0.2) is 35.7 Å². The van der Waals surface area contributed by atoms with Gasteiger partial charge < -0.3 is 10.2 Å². The zero-order chi connectivity index (χ0) is 18.6. The highest BCUT2D eigenvalue weighted by atomic mass is 79.9.